The molecule has 0 fully saturated rings. The first-order chi connectivity index (χ1) is 31.2. The van der Waals surface area contributed by atoms with Crippen molar-refractivity contribution in [2.45, 2.75) is 103 Å². The van der Waals surface area contributed by atoms with Crippen LogP contribution in [-0.2, 0) is 6.54 Å². The Morgan fingerprint density at radius 1 is 0.397 bits per heavy atom. The van der Waals surface area contributed by atoms with E-state index < -0.39 is 0 Å². The third kappa shape index (κ3) is 12.3. The molecule has 0 spiro atoms. The molecule has 8 aromatic rings. The van der Waals surface area contributed by atoms with Crippen LogP contribution in [0.15, 0.2) is 134 Å². The predicted molar refractivity (Wildman–Crippen MR) is 268 cm³/mol. The number of para-hydroxylation sites is 4. The molecule has 7 heterocycles. The first-order valence-corrected chi connectivity index (χ1v) is 23.3. The van der Waals surface area contributed by atoms with Gasteiger partial charge in [0, 0.05) is 62.8 Å². The van der Waals surface area contributed by atoms with Crippen molar-refractivity contribution in [1.29, 1.82) is 0 Å². The topological polar surface area (TPSA) is 88.1 Å². The van der Waals surface area contributed by atoms with Crippen LogP contribution in [0.3, 0.4) is 0 Å². The number of aryl methyl sites for hydroxylation is 1. The maximum Gasteiger partial charge on any atom is 0.0886 e. The third-order valence-electron chi connectivity index (χ3n) is 11.8. The van der Waals surface area contributed by atoms with Gasteiger partial charge in [-0.05, 0) is 104 Å². The van der Waals surface area contributed by atoms with E-state index in [4.69, 9.17) is 0 Å². The van der Waals surface area contributed by atoms with E-state index in [1.165, 1.54) is 112 Å². The van der Waals surface area contributed by atoms with Crippen molar-refractivity contribution in [1.82, 2.24) is 34.5 Å². The van der Waals surface area contributed by atoms with Gasteiger partial charge in [0.25, 0.3) is 0 Å². The van der Waals surface area contributed by atoms with Crippen LogP contribution in [0.5, 0.6) is 0 Å². The van der Waals surface area contributed by atoms with Gasteiger partial charge in [0.15, 0.2) is 0 Å². The van der Waals surface area contributed by atoms with Gasteiger partial charge in [0.05, 0.1) is 33.8 Å². The lowest BCUT2D eigenvalue weighted by Crippen LogP contribution is -1.97. The lowest BCUT2D eigenvalue weighted by atomic mass is 10.0. The van der Waals surface area contributed by atoms with Gasteiger partial charge in [-0.15, -0.1) is 0 Å². The number of unbranched alkanes of at least 4 members (excludes halogenated alkanes) is 13. The molecule has 2 N–H and O–H groups in total. The van der Waals surface area contributed by atoms with Crippen molar-refractivity contribution in [3.63, 3.8) is 0 Å². The molecule has 7 heteroatoms. The highest BCUT2D eigenvalue weighted by atomic mass is 15.0. The first kappa shape index (κ1) is 43.1. The van der Waals surface area contributed by atoms with E-state index in [1.54, 1.807) is 12.4 Å². The number of hydrogen-bond donors (Lipinski definition) is 2. The van der Waals surface area contributed by atoms with Gasteiger partial charge in [-0.3, -0.25) is 9.97 Å². The molecule has 7 nitrogen and oxygen atoms in total. The van der Waals surface area contributed by atoms with Crippen molar-refractivity contribution in [3.05, 3.63) is 156 Å². The highest BCUT2D eigenvalue weighted by molar-refractivity contribution is 6.08. The van der Waals surface area contributed by atoms with Crippen LogP contribution in [0, 0.1) is 0 Å². The summed E-state index contributed by atoms with van der Waals surface area (Å²) in [5, 5.41) is 2.79. The normalized spacial score (nSPS) is 11.8. The fraction of sp³-hybridized carbons (Fsp3) is 0.286. The Kier molecular flexibility index (Phi) is 15.4. The Balaban J connectivity index is 0.000000143. The van der Waals surface area contributed by atoms with E-state index in [2.05, 4.69) is 114 Å². The molecule has 0 saturated carbocycles. The molecule has 10 rings (SSSR count). The Morgan fingerprint density at radius 3 is 1.14 bits per heavy atom. The number of fused-ring (bicyclic) bond motifs is 12. The Labute approximate surface area is 372 Å². The smallest absolute Gasteiger partial charge is 0.0886 e. The molecular formula is C56H61N7. The number of hydrogen-bond acceptors (Lipinski definition) is 4. The summed E-state index contributed by atoms with van der Waals surface area (Å²) >= 11 is 0. The van der Waals surface area contributed by atoms with Crippen molar-refractivity contribution >= 4 is 79.2 Å². The Bertz CT molecular complexity index is 2630. The molecule has 0 amide bonds. The number of rotatable bonds is 15. The fourth-order valence-corrected chi connectivity index (χ4v) is 8.56. The molecule has 0 unspecified atom stereocenters. The molecular weight excluding hydrogens is 771 g/mol. The van der Waals surface area contributed by atoms with Crippen LogP contribution in [0.2, 0.25) is 0 Å². The van der Waals surface area contributed by atoms with Gasteiger partial charge < -0.3 is 14.5 Å². The van der Waals surface area contributed by atoms with Gasteiger partial charge in [0.2, 0.25) is 0 Å². The van der Waals surface area contributed by atoms with Crippen LogP contribution in [-0.4, -0.2) is 34.5 Å². The Morgan fingerprint density at radius 2 is 0.746 bits per heavy atom. The second kappa shape index (κ2) is 22.5. The quantitative estimate of drug-likeness (QED) is 0.101. The summed E-state index contributed by atoms with van der Waals surface area (Å²) in [6.45, 7) is 3.44. The van der Waals surface area contributed by atoms with E-state index >= 15 is 0 Å². The zero-order chi connectivity index (χ0) is 42.9. The molecule has 63 heavy (non-hydrogen) atoms. The molecule has 5 aromatic heterocycles. The summed E-state index contributed by atoms with van der Waals surface area (Å²) in [5.74, 6) is 0. The van der Waals surface area contributed by atoms with Crippen molar-refractivity contribution in [2.24, 2.45) is 0 Å². The average Bonchev–Trinajstić information content (AvgIpc) is 4.18. The van der Waals surface area contributed by atoms with Crippen LogP contribution >= 0.6 is 0 Å². The van der Waals surface area contributed by atoms with Crippen LogP contribution in [0.4, 0.5) is 0 Å². The minimum Gasteiger partial charge on any atom is -0.355 e. The van der Waals surface area contributed by atoms with E-state index in [0.29, 0.717) is 0 Å². The molecule has 2 aliphatic rings. The predicted octanol–water partition coefficient (Wildman–Crippen LogP) is 15.6. The maximum atomic E-state index is 4.63. The summed E-state index contributed by atoms with van der Waals surface area (Å²) in [5.41, 5.74) is 12.5. The number of nitrogens with zero attached hydrogens (tertiary/aromatic N) is 5. The summed E-state index contributed by atoms with van der Waals surface area (Å²) < 4.78 is 2.53. The lowest BCUT2D eigenvalue weighted by molar-refractivity contribution is 0.528. The molecule has 0 radical (unpaired) electrons. The SMILES string of the molecule is C1=Cc2cc3ccc(cc4nc(cc5ccc(cc1n2)[nH]5)C=C4)[nH]3.CCCCCCCCCCCCCCCCn1c2ccccc2c2ccccc21.c1ccc2nccnc2c1. The van der Waals surface area contributed by atoms with Gasteiger partial charge in [-0.1, -0.05) is 139 Å². The minimum atomic E-state index is 0.939. The molecule has 0 aliphatic carbocycles. The van der Waals surface area contributed by atoms with E-state index in [-0.39, 0.29) is 0 Å². The van der Waals surface area contributed by atoms with Gasteiger partial charge in [-0.25, -0.2) is 9.97 Å². The van der Waals surface area contributed by atoms with Gasteiger partial charge in [0.1, 0.15) is 0 Å². The molecule has 2 aliphatic heterocycles. The molecule has 320 valence electrons. The largest absolute Gasteiger partial charge is 0.355 e. The van der Waals surface area contributed by atoms with Crippen LogP contribution in [0.1, 0.15) is 120 Å². The summed E-state index contributed by atoms with van der Waals surface area (Å²) in [6.07, 6.45) is 31.4. The highest BCUT2D eigenvalue weighted by Crippen LogP contribution is 2.29. The zero-order valence-corrected chi connectivity index (χ0v) is 36.9. The second-order valence-corrected chi connectivity index (χ2v) is 16.7. The molecule has 0 saturated heterocycles. The average molecular weight is 832 g/mol. The van der Waals surface area contributed by atoms with Gasteiger partial charge in [-0.2, -0.15) is 0 Å². The molecule has 3 aromatic carbocycles. The van der Waals surface area contributed by atoms with E-state index in [0.717, 1.165) is 62.4 Å². The van der Waals surface area contributed by atoms with Crippen LogP contribution in [0.25, 0.3) is 79.2 Å². The number of aromatic nitrogens is 7. The van der Waals surface area contributed by atoms with Gasteiger partial charge >= 0.3 is 0 Å². The minimum absolute atomic E-state index is 0.939. The third-order valence-corrected chi connectivity index (χ3v) is 11.8. The van der Waals surface area contributed by atoms with Crippen molar-refractivity contribution in [3.8, 4) is 0 Å². The highest BCUT2D eigenvalue weighted by Gasteiger charge is 2.09. The summed E-state index contributed by atoms with van der Waals surface area (Å²) in [7, 11) is 0. The van der Waals surface area contributed by atoms with Crippen molar-refractivity contribution < 1.29 is 0 Å². The van der Waals surface area contributed by atoms with Crippen LogP contribution < -0.4 is 0 Å². The summed E-state index contributed by atoms with van der Waals surface area (Å²) in [6, 6.07) is 41.9. The standard InChI is InChI=1S/C28H41N.C20H14N4.C8H6N2/c1-2-3-4-5-6-7-8-9-10-11-12-13-14-19-24-29-27-22-17-15-20-25(27)26-21-16-18-23-28(26)29;1-2-14-10-16-5-6-18(23-16)12-20-8-7-19(24-20)11-17-4-3-15(22-17)9-13(1)21-14;1-2-4-8-7(3-1)9-5-6-10-8/h15-18,20-23H,2-14,19,24H2,1H3;1-12,21,24H;1-6H. The first-order valence-electron chi connectivity index (χ1n) is 23.3. The maximum absolute atomic E-state index is 4.63. The monoisotopic (exact) mass is 831 g/mol. The summed E-state index contributed by atoms with van der Waals surface area (Å²) in [4.78, 5) is 24.3. The second-order valence-electron chi connectivity index (χ2n) is 16.7. The number of aromatic amines is 2. The fourth-order valence-electron chi connectivity index (χ4n) is 8.56. The lowest BCUT2D eigenvalue weighted by Gasteiger charge is -2.07. The zero-order valence-electron chi connectivity index (χ0n) is 36.9. The number of nitrogens with one attached hydrogen (secondary N) is 2. The van der Waals surface area contributed by atoms with E-state index in [9.17, 15) is 0 Å². The number of H-pyrrole nitrogens is 2. The van der Waals surface area contributed by atoms with E-state index in [1.807, 2.05) is 72.8 Å². The molecule has 8 bridgehead atoms. The molecule has 0 atom stereocenters. The Hall–Kier alpha value is -6.60. The van der Waals surface area contributed by atoms with Crippen molar-refractivity contribution in [2.75, 3.05) is 0 Å². The number of benzene rings is 3.